The Bertz CT molecular complexity index is 390. The number of rotatable bonds is 7. The van der Waals surface area contributed by atoms with Crippen molar-refractivity contribution in [2.24, 2.45) is 5.92 Å². The van der Waals surface area contributed by atoms with Crippen molar-refractivity contribution in [3.63, 3.8) is 0 Å². The predicted octanol–water partition coefficient (Wildman–Crippen LogP) is 2.28. The van der Waals surface area contributed by atoms with Crippen molar-refractivity contribution in [1.82, 2.24) is 5.32 Å². The smallest absolute Gasteiger partial charge is 0.220 e. The zero-order valence-electron chi connectivity index (χ0n) is 11.5. The van der Waals surface area contributed by atoms with E-state index >= 15 is 0 Å². The molecule has 106 valence electrons. The third-order valence-corrected chi connectivity index (χ3v) is 2.95. The number of amides is 1. The maximum absolute atomic E-state index is 12.7. The Morgan fingerprint density at radius 1 is 1.32 bits per heavy atom. The highest BCUT2D eigenvalue weighted by molar-refractivity contribution is 5.76. The molecule has 0 aromatic heterocycles. The molecule has 0 saturated heterocycles. The fourth-order valence-electron chi connectivity index (χ4n) is 1.95. The van der Waals surface area contributed by atoms with Crippen LogP contribution in [0.5, 0.6) is 0 Å². The molecule has 0 aliphatic heterocycles. The average Bonchev–Trinajstić information content (AvgIpc) is 2.35. The number of aliphatic hydroxyl groups is 1. The van der Waals surface area contributed by atoms with Gasteiger partial charge in [-0.15, -0.1) is 0 Å². The highest BCUT2D eigenvalue weighted by atomic mass is 19.1. The van der Waals surface area contributed by atoms with Crippen LogP contribution in [-0.2, 0) is 11.2 Å². The van der Waals surface area contributed by atoms with Crippen molar-refractivity contribution >= 4 is 5.91 Å². The normalized spacial score (nSPS) is 13.9. The molecule has 2 atom stereocenters. The summed E-state index contributed by atoms with van der Waals surface area (Å²) in [7, 11) is 0. The van der Waals surface area contributed by atoms with E-state index in [1.165, 1.54) is 12.1 Å². The van der Waals surface area contributed by atoms with E-state index < -0.39 is 0 Å². The first-order valence-corrected chi connectivity index (χ1v) is 6.66. The summed E-state index contributed by atoms with van der Waals surface area (Å²) < 4.78 is 12.7. The van der Waals surface area contributed by atoms with Crippen molar-refractivity contribution in [1.29, 1.82) is 0 Å². The van der Waals surface area contributed by atoms with Gasteiger partial charge in [-0.2, -0.15) is 0 Å². The molecule has 1 rings (SSSR count). The SMILES string of the molecule is CC(O)CC(C)CNC(=O)CCc1ccc(F)cc1. The zero-order valence-corrected chi connectivity index (χ0v) is 11.5. The Labute approximate surface area is 113 Å². The van der Waals surface area contributed by atoms with Crippen LogP contribution in [-0.4, -0.2) is 23.7 Å². The standard InChI is InChI=1S/C15H22FNO2/c1-11(9-12(2)18)10-17-15(19)8-5-13-3-6-14(16)7-4-13/h3-4,6-7,11-12,18H,5,8-10H2,1-2H3,(H,17,19). The first kappa shape index (κ1) is 15.6. The summed E-state index contributed by atoms with van der Waals surface area (Å²) >= 11 is 0. The van der Waals surface area contributed by atoms with Gasteiger partial charge in [-0.1, -0.05) is 19.1 Å². The van der Waals surface area contributed by atoms with E-state index in [1.807, 2.05) is 6.92 Å². The van der Waals surface area contributed by atoms with Crippen LogP contribution in [0.25, 0.3) is 0 Å². The van der Waals surface area contributed by atoms with Crippen molar-refractivity contribution in [2.75, 3.05) is 6.54 Å². The fourth-order valence-corrected chi connectivity index (χ4v) is 1.95. The molecule has 4 heteroatoms. The van der Waals surface area contributed by atoms with E-state index in [9.17, 15) is 14.3 Å². The van der Waals surface area contributed by atoms with E-state index in [2.05, 4.69) is 5.32 Å². The van der Waals surface area contributed by atoms with E-state index in [1.54, 1.807) is 19.1 Å². The fraction of sp³-hybridized carbons (Fsp3) is 0.533. The number of aliphatic hydroxyl groups excluding tert-OH is 1. The minimum absolute atomic E-state index is 0.0123. The van der Waals surface area contributed by atoms with Gasteiger partial charge >= 0.3 is 0 Å². The molecule has 0 heterocycles. The zero-order chi connectivity index (χ0) is 14.3. The Morgan fingerprint density at radius 3 is 2.53 bits per heavy atom. The first-order valence-electron chi connectivity index (χ1n) is 6.66. The van der Waals surface area contributed by atoms with Crippen LogP contribution >= 0.6 is 0 Å². The molecule has 2 unspecified atom stereocenters. The summed E-state index contributed by atoms with van der Waals surface area (Å²) in [6.07, 6.45) is 1.34. The van der Waals surface area contributed by atoms with E-state index in [0.717, 1.165) is 5.56 Å². The highest BCUT2D eigenvalue weighted by Gasteiger charge is 2.08. The topological polar surface area (TPSA) is 49.3 Å². The lowest BCUT2D eigenvalue weighted by atomic mass is 10.0. The molecular formula is C15H22FNO2. The lowest BCUT2D eigenvalue weighted by molar-refractivity contribution is -0.121. The predicted molar refractivity (Wildman–Crippen MR) is 73.2 cm³/mol. The molecule has 0 saturated carbocycles. The molecule has 0 aliphatic rings. The van der Waals surface area contributed by atoms with Gasteiger partial charge in [0.05, 0.1) is 6.10 Å². The number of hydrogen-bond donors (Lipinski definition) is 2. The molecule has 0 aliphatic carbocycles. The van der Waals surface area contributed by atoms with Crippen LogP contribution in [0.15, 0.2) is 24.3 Å². The van der Waals surface area contributed by atoms with Gasteiger partial charge in [-0.05, 0) is 43.4 Å². The van der Waals surface area contributed by atoms with Gasteiger partial charge in [-0.3, -0.25) is 4.79 Å². The third-order valence-electron chi connectivity index (χ3n) is 2.95. The van der Waals surface area contributed by atoms with Gasteiger partial charge in [0, 0.05) is 13.0 Å². The van der Waals surface area contributed by atoms with Gasteiger partial charge in [0.25, 0.3) is 0 Å². The molecular weight excluding hydrogens is 245 g/mol. The number of benzene rings is 1. The second kappa shape index (κ2) is 7.89. The Morgan fingerprint density at radius 2 is 1.95 bits per heavy atom. The summed E-state index contributed by atoms with van der Waals surface area (Å²) in [4.78, 5) is 11.6. The second-order valence-corrected chi connectivity index (χ2v) is 5.12. The first-order chi connectivity index (χ1) is 8.97. The number of halogens is 1. The molecule has 0 radical (unpaired) electrons. The minimum Gasteiger partial charge on any atom is -0.393 e. The minimum atomic E-state index is -0.342. The van der Waals surface area contributed by atoms with Crippen molar-refractivity contribution < 1.29 is 14.3 Å². The van der Waals surface area contributed by atoms with Gasteiger partial charge in [-0.25, -0.2) is 4.39 Å². The largest absolute Gasteiger partial charge is 0.393 e. The summed E-state index contributed by atoms with van der Waals surface area (Å²) in [5.74, 6) is -0.0170. The van der Waals surface area contributed by atoms with E-state index in [-0.39, 0.29) is 23.7 Å². The molecule has 0 spiro atoms. The van der Waals surface area contributed by atoms with Crippen molar-refractivity contribution in [2.45, 2.75) is 39.2 Å². The van der Waals surface area contributed by atoms with Gasteiger partial charge in [0.15, 0.2) is 0 Å². The van der Waals surface area contributed by atoms with Crippen LogP contribution in [0, 0.1) is 11.7 Å². The molecule has 1 aromatic carbocycles. The van der Waals surface area contributed by atoms with E-state index in [4.69, 9.17) is 0 Å². The molecule has 3 nitrogen and oxygen atoms in total. The molecule has 0 fully saturated rings. The van der Waals surface area contributed by atoms with Crippen molar-refractivity contribution in [3.05, 3.63) is 35.6 Å². The average molecular weight is 267 g/mol. The molecule has 2 N–H and O–H groups in total. The van der Waals surface area contributed by atoms with Crippen LogP contribution in [0.1, 0.15) is 32.3 Å². The van der Waals surface area contributed by atoms with Crippen molar-refractivity contribution in [3.8, 4) is 0 Å². The number of carbonyl (C=O) groups excluding carboxylic acids is 1. The summed E-state index contributed by atoms with van der Waals surface area (Å²) in [5, 5.41) is 12.1. The monoisotopic (exact) mass is 267 g/mol. The Kier molecular flexibility index (Phi) is 6.50. The van der Waals surface area contributed by atoms with Crippen LogP contribution in [0.3, 0.4) is 0 Å². The lowest BCUT2D eigenvalue weighted by Gasteiger charge is -2.14. The Hall–Kier alpha value is -1.42. The summed E-state index contributed by atoms with van der Waals surface area (Å²) in [5.41, 5.74) is 0.952. The number of nitrogens with one attached hydrogen (secondary N) is 1. The highest BCUT2D eigenvalue weighted by Crippen LogP contribution is 2.06. The van der Waals surface area contributed by atoms with Crippen LogP contribution < -0.4 is 5.32 Å². The molecule has 0 bridgehead atoms. The molecule has 1 aromatic rings. The van der Waals surface area contributed by atoms with Gasteiger partial charge < -0.3 is 10.4 Å². The maximum Gasteiger partial charge on any atom is 0.220 e. The number of aryl methyl sites for hydroxylation is 1. The van der Waals surface area contributed by atoms with Crippen LogP contribution in [0.4, 0.5) is 4.39 Å². The van der Waals surface area contributed by atoms with Gasteiger partial charge in [0.2, 0.25) is 5.91 Å². The molecule has 1 amide bonds. The summed E-state index contributed by atoms with van der Waals surface area (Å²) in [6.45, 7) is 4.31. The molecule has 19 heavy (non-hydrogen) atoms. The van der Waals surface area contributed by atoms with E-state index in [0.29, 0.717) is 25.8 Å². The van der Waals surface area contributed by atoms with Gasteiger partial charge in [0.1, 0.15) is 5.82 Å². The lowest BCUT2D eigenvalue weighted by Crippen LogP contribution is -2.29. The summed E-state index contributed by atoms with van der Waals surface area (Å²) in [6, 6.07) is 6.19. The third kappa shape index (κ3) is 6.91. The number of hydrogen-bond acceptors (Lipinski definition) is 2. The number of carbonyl (C=O) groups is 1. The second-order valence-electron chi connectivity index (χ2n) is 5.12. The maximum atomic E-state index is 12.7. The Balaban J connectivity index is 2.22. The quantitative estimate of drug-likeness (QED) is 0.796. The van der Waals surface area contributed by atoms with Crippen LogP contribution in [0.2, 0.25) is 0 Å².